The fourth-order valence-corrected chi connectivity index (χ4v) is 3.83. The fraction of sp³-hybridized carbons (Fsp3) is 0.238. The van der Waals surface area contributed by atoms with Crippen LogP contribution in [0.2, 0.25) is 0 Å². The van der Waals surface area contributed by atoms with Crippen molar-refractivity contribution < 1.29 is 18.0 Å². The van der Waals surface area contributed by atoms with E-state index in [-0.39, 0.29) is 17.3 Å². The molecule has 2 heterocycles. The Morgan fingerprint density at radius 2 is 1.70 bits per heavy atom. The minimum absolute atomic E-state index is 0.105. The van der Waals surface area contributed by atoms with Crippen molar-refractivity contribution in [1.29, 1.82) is 0 Å². The molecule has 0 N–H and O–H groups in total. The van der Waals surface area contributed by atoms with Gasteiger partial charge >= 0.3 is 6.18 Å². The topological polar surface area (TPSA) is 32.7 Å². The Morgan fingerprint density at radius 1 is 1.04 bits per heavy atom. The van der Waals surface area contributed by atoms with Crippen LogP contribution in [0, 0.1) is 0 Å². The summed E-state index contributed by atoms with van der Waals surface area (Å²) in [5.41, 5.74) is 2.36. The highest BCUT2D eigenvalue weighted by molar-refractivity contribution is 6.55. The van der Waals surface area contributed by atoms with Crippen LogP contribution in [0.4, 0.5) is 24.5 Å². The second-order valence-corrected chi connectivity index (χ2v) is 7.33. The molecule has 0 aliphatic carbocycles. The Kier molecular flexibility index (Phi) is 3.60. The van der Waals surface area contributed by atoms with Crippen LogP contribution in [-0.2, 0) is 11.0 Å². The van der Waals surface area contributed by atoms with Gasteiger partial charge in [0.2, 0.25) is 0 Å². The first-order valence-electron chi connectivity index (χ1n) is 8.53. The zero-order valence-corrected chi connectivity index (χ0v) is 15.1. The van der Waals surface area contributed by atoms with Crippen molar-refractivity contribution >= 4 is 28.6 Å². The Labute approximate surface area is 154 Å². The summed E-state index contributed by atoms with van der Waals surface area (Å²) >= 11 is 0. The molecule has 2 aliphatic rings. The van der Waals surface area contributed by atoms with E-state index in [2.05, 4.69) is 4.99 Å². The number of hydrogen-bond acceptors (Lipinski definition) is 2. The van der Waals surface area contributed by atoms with Gasteiger partial charge in [-0.05, 0) is 44.5 Å². The van der Waals surface area contributed by atoms with Crippen LogP contribution in [0.1, 0.15) is 37.5 Å². The average molecular weight is 370 g/mol. The minimum atomic E-state index is -4.46. The Bertz CT molecular complexity index is 1030. The van der Waals surface area contributed by atoms with E-state index in [0.717, 1.165) is 29.0 Å². The minimum Gasteiger partial charge on any atom is -0.297 e. The highest BCUT2D eigenvalue weighted by atomic mass is 19.4. The number of rotatable bonds is 1. The molecule has 0 radical (unpaired) electrons. The summed E-state index contributed by atoms with van der Waals surface area (Å²) < 4.78 is 39.0. The molecule has 6 heteroatoms. The summed E-state index contributed by atoms with van der Waals surface area (Å²) in [4.78, 5) is 19.1. The lowest BCUT2D eigenvalue weighted by Gasteiger charge is -2.38. The zero-order chi connectivity index (χ0) is 19.6. The van der Waals surface area contributed by atoms with E-state index in [4.69, 9.17) is 0 Å². The van der Waals surface area contributed by atoms with Crippen LogP contribution in [0.25, 0.3) is 5.57 Å². The van der Waals surface area contributed by atoms with Crippen molar-refractivity contribution in [2.75, 3.05) is 4.90 Å². The average Bonchev–Trinajstić information content (AvgIpc) is 2.86. The smallest absolute Gasteiger partial charge is 0.297 e. The molecule has 0 fully saturated rings. The van der Waals surface area contributed by atoms with Crippen molar-refractivity contribution in [2.24, 2.45) is 4.99 Å². The largest absolute Gasteiger partial charge is 0.416 e. The van der Waals surface area contributed by atoms with Gasteiger partial charge in [0.25, 0.3) is 5.91 Å². The van der Waals surface area contributed by atoms with Crippen LogP contribution in [0.5, 0.6) is 0 Å². The first kappa shape index (κ1) is 17.5. The number of amides is 1. The number of halogens is 3. The van der Waals surface area contributed by atoms with E-state index in [1.54, 1.807) is 11.0 Å². The number of allylic oxidation sites excluding steroid dienone is 1. The summed E-state index contributed by atoms with van der Waals surface area (Å²) in [6, 6.07) is 10.3. The van der Waals surface area contributed by atoms with Gasteiger partial charge in [0.05, 0.1) is 22.5 Å². The van der Waals surface area contributed by atoms with Crippen LogP contribution in [0.15, 0.2) is 53.5 Å². The van der Waals surface area contributed by atoms with E-state index in [9.17, 15) is 18.0 Å². The molecule has 0 bridgehead atoms. The molecular weight excluding hydrogens is 353 g/mol. The molecule has 2 aliphatic heterocycles. The molecule has 0 saturated carbocycles. The van der Waals surface area contributed by atoms with Gasteiger partial charge in [-0.25, -0.2) is 4.99 Å². The number of anilines is 1. The summed E-state index contributed by atoms with van der Waals surface area (Å²) in [5, 5.41) is 0. The lowest BCUT2D eigenvalue weighted by Crippen LogP contribution is -2.47. The predicted molar refractivity (Wildman–Crippen MR) is 99.3 cm³/mol. The van der Waals surface area contributed by atoms with Crippen LogP contribution < -0.4 is 4.90 Å². The van der Waals surface area contributed by atoms with E-state index in [0.29, 0.717) is 5.56 Å². The zero-order valence-electron chi connectivity index (χ0n) is 15.1. The lowest BCUT2D eigenvalue weighted by atomic mass is 9.89. The molecule has 4 rings (SSSR count). The molecule has 1 amide bonds. The summed E-state index contributed by atoms with van der Waals surface area (Å²) in [6.45, 7) is 5.85. The Morgan fingerprint density at radius 3 is 2.41 bits per heavy atom. The van der Waals surface area contributed by atoms with Crippen LogP contribution in [0.3, 0.4) is 0 Å². The SMILES string of the molecule is CC1=CC(C)(C)N2C(=O)C(=Nc3cccc(C(F)(F)F)c3)c3cccc1c32. The van der Waals surface area contributed by atoms with Gasteiger partial charge in [0, 0.05) is 11.1 Å². The van der Waals surface area contributed by atoms with E-state index < -0.39 is 17.3 Å². The van der Waals surface area contributed by atoms with Crippen molar-refractivity contribution in [1.82, 2.24) is 0 Å². The van der Waals surface area contributed by atoms with Crippen molar-refractivity contribution in [2.45, 2.75) is 32.5 Å². The van der Waals surface area contributed by atoms with Gasteiger partial charge in [-0.15, -0.1) is 0 Å². The molecule has 0 aromatic heterocycles. The van der Waals surface area contributed by atoms with Crippen LogP contribution in [-0.4, -0.2) is 17.2 Å². The highest BCUT2D eigenvalue weighted by Crippen LogP contribution is 2.45. The monoisotopic (exact) mass is 370 g/mol. The number of aliphatic imine (C=N–C) groups is 1. The molecule has 27 heavy (non-hydrogen) atoms. The van der Waals surface area contributed by atoms with Gasteiger partial charge in [-0.3, -0.25) is 9.69 Å². The second-order valence-electron chi connectivity index (χ2n) is 7.33. The molecule has 0 atom stereocenters. The van der Waals surface area contributed by atoms with Gasteiger partial charge < -0.3 is 0 Å². The standard InChI is InChI=1S/C21H17F3N2O/c1-12-11-20(2,3)26-18-15(12)8-5-9-16(18)17(19(26)27)25-14-7-4-6-13(10-14)21(22,23)24/h4-11H,1-3H3. The van der Waals surface area contributed by atoms with Gasteiger partial charge in [0.1, 0.15) is 5.71 Å². The van der Waals surface area contributed by atoms with E-state index >= 15 is 0 Å². The Balaban J connectivity index is 1.90. The van der Waals surface area contributed by atoms with Gasteiger partial charge in [-0.2, -0.15) is 13.2 Å². The highest BCUT2D eigenvalue weighted by Gasteiger charge is 2.45. The molecule has 0 unspecified atom stereocenters. The summed E-state index contributed by atoms with van der Waals surface area (Å²) in [5.74, 6) is -0.302. The lowest BCUT2D eigenvalue weighted by molar-refractivity contribution is -0.137. The van der Waals surface area contributed by atoms with Gasteiger partial charge in [0.15, 0.2) is 0 Å². The maximum Gasteiger partial charge on any atom is 0.416 e. The molecule has 2 aromatic carbocycles. The fourth-order valence-electron chi connectivity index (χ4n) is 3.83. The van der Waals surface area contributed by atoms with Gasteiger partial charge in [-0.1, -0.05) is 30.3 Å². The van der Waals surface area contributed by atoms with E-state index in [1.807, 2.05) is 39.0 Å². The third kappa shape index (κ3) is 2.67. The first-order valence-corrected chi connectivity index (χ1v) is 8.53. The molecular formula is C21H17F3N2O. The third-order valence-corrected chi connectivity index (χ3v) is 4.91. The van der Waals surface area contributed by atoms with Crippen molar-refractivity contribution in [3.8, 4) is 0 Å². The number of nitrogens with zero attached hydrogens (tertiary/aromatic N) is 2. The number of hydrogen-bond donors (Lipinski definition) is 0. The number of benzene rings is 2. The number of carbonyl (C=O) groups is 1. The summed E-state index contributed by atoms with van der Waals surface area (Å²) in [7, 11) is 0. The molecule has 3 nitrogen and oxygen atoms in total. The number of carbonyl (C=O) groups excluding carboxylic acids is 1. The predicted octanol–water partition coefficient (Wildman–Crippen LogP) is 5.37. The van der Waals surface area contributed by atoms with E-state index in [1.165, 1.54) is 12.1 Å². The second kappa shape index (κ2) is 5.55. The number of alkyl halides is 3. The number of para-hydroxylation sites is 1. The molecule has 2 aromatic rings. The maximum atomic E-state index is 13.1. The van der Waals surface area contributed by atoms with Crippen molar-refractivity contribution in [3.63, 3.8) is 0 Å². The molecule has 0 saturated heterocycles. The summed E-state index contributed by atoms with van der Waals surface area (Å²) in [6.07, 6.45) is -2.44. The first-order chi connectivity index (χ1) is 12.6. The maximum absolute atomic E-state index is 13.1. The normalized spacial score (nSPS) is 19.3. The van der Waals surface area contributed by atoms with Crippen LogP contribution >= 0.6 is 0 Å². The molecule has 0 spiro atoms. The quantitative estimate of drug-likeness (QED) is 0.664. The Hall–Kier alpha value is -2.89. The van der Waals surface area contributed by atoms with Crippen molar-refractivity contribution in [3.05, 3.63) is 65.2 Å². The third-order valence-electron chi connectivity index (χ3n) is 4.91. The molecule has 138 valence electrons.